The van der Waals surface area contributed by atoms with Gasteiger partial charge >= 0.3 is 0 Å². The minimum atomic E-state index is -0.178. The van der Waals surface area contributed by atoms with Crippen LogP contribution in [0.1, 0.15) is 45.2 Å². The highest BCUT2D eigenvalue weighted by molar-refractivity contribution is 5.75. The number of benzene rings is 1. The Morgan fingerprint density at radius 1 is 1.05 bits per heavy atom. The summed E-state index contributed by atoms with van der Waals surface area (Å²) in [6.45, 7) is 16.1. The van der Waals surface area contributed by atoms with E-state index in [1.165, 1.54) is 11.1 Å². The summed E-state index contributed by atoms with van der Waals surface area (Å²) in [5.41, 5.74) is 9.67. The molecule has 0 aliphatic rings. The molecule has 0 aliphatic carbocycles. The van der Waals surface area contributed by atoms with Crippen molar-refractivity contribution in [2.24, 2.45) is 5.73 Å². The lowest BCUT2D eigenvalue weighted by molar-refractivity contribution is 0.350. The van der Waals surface area contributed by atoms with Crippen molar-refractivity contribution in [1.29, 1.82) is 0 Å². The van der Waals surface area contributed by atoms with Crippen molar-refractivity contribution in [2.75, 3.05) is 0 Å². The third-order valence-corrected chi connectivity index (χ3v) is 3.61. The molecule has 1 aromatic carbocycles. The van der Waals surface area contributed by atoms with Gasteiger partial charge in [0.1, 0.15) is 0 Å². The van der Waals surface area contributed by atoms with Crippen LogP contribution in [0, 0.1) is 0 Å². The van der Waals surface area contributed by atoms with Gasteiger partial charge in [0.15, 0.2) is 0 Å². The van der Waals surface area contributed by atoms with Crippen molar-refractivity contribution in [3.05, 3.63) is 78.9 Å². The highest BCUT2D eigenvalue weighted by Gasteiger charge is 2.27. The van der Waals surface area contributed by atoms with E-state index in [4.69, 9.17) is 5.73 Å². The Balaban J connectivity index is 3.08. The van der Waals surface area contributed by atoms with Crippen molar-refractivity contribution in [3.63, 3.8) is 0 Å². The molecule has 22 heavy (non-hydrogen) atoms. The molecule has 1 nitrogen and oxygen atoms in total. The van der Waals surface area contributed by atoms with Crippen LogP contribution in [-0.2, 0) is 5.41 Å². The minimum Gasteiger partial charge on any atom is -0.326 e. The van der Waals surface area contributed by atoms with Crippen molar-refractivity contribution < 1.29 is 0 Å². The van der Waals surface area contributed by atoms with Gasteiger partial charge in [0, 0.05) is 5.54 Å². The molecule has 0 aromatic heterocycles. The van der Waals surface area contributed by atoms with E-state index in [2.05, 4.69) is 65.1 Å². The largest absolute Gasteiger partial charge is 0.326 e. The monoisotopic (exact) mass is 295 g/mol. The zero-order valence-electron chi connectivity index (χ0n) is 14.4. The van der Waals surface area contributed by atoms with E-state index in [9.17, 15) is 0 Å². The van der Waals surface area contributed by atoms with Gasteiger partial charge in [-0.2, -0.15) is 0 Å². The second kappa shape index (κ2) is 7.42. The summed E-state index contributed by atoms with van der Waals surface area (Å²) >= 11 is 0. The Labute approximate surface area is 135 Å². The molecule has 0 radical (unpaired) electrons. The molecular weight excluding hydrogens is 266 g/mol. The predicted octanol–water partition coefficient (Wildman–Crippen LogP) is 5.40. The number of hydrogen-bond donors (Lipinski definition) is 1. The number of rotatable bonds is 7. The van der Waals surface area contributed by atoms with Crippen molar-refractivity contribution in [3.8, 4) is 0 Å². The summed E-state index contributed by atoms with van der Waals surface area (Å²) in [6.07, 6.45) is 10.5. The molecule has 1 heteroatoms. The molecule has 0 unspecified atom stereocenters. The fourth-order valence-corrected chi connectivity index (χ4v) is 2.90. The summed E-state index contributed by atoms with van der Waals surface area (Å²) in [7, 11) is 0. The van der Waals surface area contributed by atoms with Crippen LogP contribution in [0.15, 0.2) is 67.8 Å². The Morgan fingerprint density at radius 3 is 2.09 bits per heavy atom. The third-order valence-electron chi connectivity index (χ3n) is 3.61. The molecule has 0 aliphatic heterocycles. The van der Waals surface area contributed by atoms with E-state index >= 15 is 0 Å². The first-order chi connectivity index (χ1) is 10.2. The third kappa shape index (κ3) is 5.50. The normalized spacial score (nSPS) is 13.4. The molecule has 118 valence electrons. The molecule has 0 spiro atoms. The van der Waals surface area contributed by atoms with Crippen LogP contribution < -0.4 is 5.73 Å². The predicted molar refractivity (Wildman–Crippen MR) is 99.9 cm³/mol. The minimum absolute atomic E-state index is 0.0516. The number of nitrogens with two attached hydrogens (primary N) is 1. The maximum absolute atomic E-state index is 6.19. The summed E-state index contributed by atoms with van der Waals surface area (Å²) in [4.78, 5) is 0. The van der Waals surface area contributed by atoms with Gasteiger partial charge in [-0.1, -0.05) is 81.7 Å². The van der Waals surface area contributed by atoms with Gasteiger partial charge in [-0.3, -0.25) is 0 Å². The standard InChI is InChI=1S/C21H29N/c1-7-9-11-17(10-8-2)18-12-14-19(15-13-18)20(3,4)16-21(5,6)22/h7-15H,1-2,16,22H2,3-6H3/b11-9-,17-10+. The van der Waals surface area contributed by atoms with Gasteiger partial charge < -0.3 is 5.73 Å². The maximum atomic E-state index is 6.19. The molecule has 0 saturated heterocycles. The average Bonchev–Trinajstić information content (AvgIpc) is 2.41. The van der Waals surface area contributed by atoms with Crippen LogP contribution in [-0.4, -0.2) is 5.54 Å². The first-order valence-corrected chi connectivity index (χ1v) is 7.71. The van der Waals surface area contributed by atoms with Crippen molar-refractivity contribution >= 4 is 5.57 Å². The van der Waals surface area contributed by atoms with Gasteiger partial charge in [-0.25, -0.2) is 0 Å². The molecule has 0 amide bonds. The number of allylic oxidation sites excluding steroid dienone is 6. The van der Waals surface area contributed by atoms with E-state index in [0.717, 1.165) is 12.0 Å². The van der Waals surface area contributed by atoms with E-state index < -0.39 is 0 Å². The van der Waals surface area contributed by atoms with Crippen molar-refractivity contribution in [1.82, 2.24) is 0 Å². The van der Waals surface area contributed by atoms with Crippen LogP contribution >= 0.6 is 0 Å². The molecule has 0 atom stereocenters. The summed E-state index contributed by atoms with van der Waals surface area (Å²) in [5, 5.41) is 0. The van der Waals surface area contributed by atoms with Gasteiger partial charge in [-0.05, 0) is 42.4 Å². The molecule has 0 fully saturated rings. The molecule has 2 N–H and O–H groups in total. The van der Waals surface area contributed by atoms with Gasteiger partial charge in [0.2, 0.25) is 0 Å². The average molecular weight is 295 g/mol. The fourth-order valence-electron chi connectivity index (χ4n) is 2.90. The van der Waals surface area contributed by atoms with E-state index in [1.807, 2.05) is 18.2 Å². The van der Waals surface area contributed by atoms with Crippen LogP contribution in [0.3, 0.4) is 0 Å². The second-order valence-electron chi connectivity index (χ2n) is 7.08. The number of hydrogen-bond acceptors (Lipinski definition) is 1. The van der Waals surface area contributed by atoms with Crippen LogP contribution in [0.2, 0.25) is 0 Å². The molecule has 0 bridgehead atoms. The molecule has 1 rings (SSSR count). The van der Waals surface area contributed by atoms with Gasteiger partial charge in [-0.15, -0.1) is 0 Å². The topological polar surface area (TPSA) is 26.0 Å². The smallest absolute Gasteiger partial charge is 0.0105 e. The van der Waals surface area contributed by atoms with Crippen LogP contribution in [0.25, 0.3) is 5.57 Å². The SMILES string of the molecule is C=C/C=C\C(=C/C=C)c1ccc(C(C)(C)CC(C)(C)N)cc1. The lowest BCUT2D eigenvalue weighted by Crippen LogP contribution is -2.39. The zero-order chi connectivity index (χ0) is 16.8. The maximum Gasteiger partial charge on any atom is 0.0105 e. The molecule has 1 aromatic rings. The second-order valence-corrected chi connectivity index (χ2v) is 7.08. The van der Waals surface area contributed by atoms with Crippen molar-refractivity contribution in [2.45, 2.75) is 45.1 Å². The van der Waals surface area contributed by atoms with Gasteiger partial charge in [0.05, 0.1) is 0 Å². The van der Waals surface area contributed by atoms with E-state index in [1.54, 1.807) is 12.2 Å². The summed E-state index contributed by atoms with van der Waals surface area (Å²) < 4.78 is 0. The quantitative estimate of drug-likeness (QED) is 0.669. The van der Waals surface area contributed by atoms with Crippen LogP contribution in [0.4, 0.5) is 0 Å². The summed E-state index contributed by atoms with van der Waals surface area (Å²) in [5.74, 6) is 0. The van der Waals surface area contributed by atoms with Crippen LogP contribution in [0.5, 0.6) is 0 Å². The Bertz CT molecular complexity index is 563. The first kappa shape index (κ1) is 18.2. The Hall–Kier alpha value is -1.86. The van der Waals surface area contributed by atoms with E-state index in [0.29, 0.717) is 0 Å². The molecule has 0 saturated carbocycles. The molecule has 0 heterocycles. The fraction of sp³-hybridized carbons (Fsp3) is 0.333. The highest BCUT2D eigenvalue weighted by Crippen LogP contribution is 2.32. The lowest BCUT2D eigenvalue weighted by Gasteiger charge is -2.33. The summed E-state index contributed by atoms with van der Waals surface area (Å²) in [6, 6.07) is 8.70. The zero-order valence-corrected chi connectivity index (χ0v) is 14.4. The Morgan fingerprint density at radius 2 is 1.64 bits per heavy atom. The highest BCUT2D eigenvalue weighted by atomic mass is 14.7. The van der Waals surface area contributed by atoms with Gasteiger partial charge in [0.25, 0.3) is 0 Å². The first-order valence-electron chi connectivity index (χ1n) is 7.71. The lowest BCUT2D eigenvalue weighted by atomic mass is 9.75. The molecular formula is C21H29N. The van der Waals surface area contributed by atoms with E-state index in [-0.39, 0.29) is 11.0 Å². The Kier molecular flexibility index (Phi) is 6.13.